The Balaban J connectivity index is 1.83. The quantitative estimate of drug-likeness (QED) is 0.494. The number of aliphatic hydroxyl groups excluding tert-OH is 4. The Morgan fingerprint density at radius 3 is 2.50 bits per heavy atom. The minimum absolute atomic E-state index is 0.0400. The highest BCUT2D eigenvalue weighted by molar-refractivity contribution is 6.07. The van der Waals surface area contributed by atoms with E-state index in [4.69, 9.17) is 4.74 Å². The van der Waals surface area contributed by atoms with E-state index in [0.29, 0.717) is 5.56 Å². The maximum absolute atomic E-state index is 12.3. The first-order valence-corrected chi connectivity index (χ1v) is 7.35. The van der Waals surface area contributed by atoms with Gasteiger partial charge in [-0.2, -0.15) is 0 Å². The Morgan fingerprint density at radius 2 is 1.83 bits per heavy atom. The molecule has 0 aliphatic carbocycles. The lowest BCUT2D eigenvalue weighted by molar-refractivity contribution is -0.254. The number of hydrogen-bond acceptors (Lipinski definition) is 8. The Labute approximate surface area is 136 Å². The smallest absolute Gasteiger partial charge is 0.214 e. The first-order valence-electron chi connectivity index (χ1n) is 7.35. The van der Waals surface area contributed by atoms with Crippen molar-refractivity contribution in [2.75, 3.05) is 6.61 Å². The van der Waals surface area contributed by atoms with E-state index in [-0.39, 0.29) is 11.5 Å². The second kappa shape index (κ2) is 6.75. The van der Waals surface area contributed by atoms with Gasteiger partial charge in [0.1, 0.15) is 24.4 Å². The molecule has 0 saturated carbocycles. The lowest BCUT2D eigenvalue weighted by atomic mass is 9.98. The van der Waals surface area contributed by atoms with Crippen molar-refractivity contribution < 1.29 is 30.0 Å². The summed E-state index contributed by atoms with van der Waals surface area (Å²) in [4.78, 5) is 12.3. The van der Waals surface area contributed by atoms with Gasteiger partial charge in [0.05, 0.1) is 12.8 Å². The van der Waals surface area contributed by atoms with Crippen LogP contribution < -0.4 is 0 Å². The molecule has 1 saturated heterocycles. The molecule has 2 aromatic rings. The van der Waals surface area contributed by atoms with Gasteiger partial charge in [-0.15, -0.1) is 5.10 Å². The van der Waals surface area contributed by atoms with Crippen LogP contribution in [0.3, 0.4) is 0 Å². The van der Waals surface area contributed by atoms with Gasteiger partial charge in [0.25, 0.3) is 0 Å². The maximum Gasteiger partial charge on any atom is 0.214 e. The highest BCUT2D eigenvalue weighted by Crippen LogP contribution is 2.27. The largest absolute Gasteiger partial charge is 0.394 e. The first kappa shape index (κ1) is 16.7. The zero-order valence-corrected chi connectivity index (χ0v) is 12.5. The van der Waals surface area contributed by atoms with Crippen LogP contribution in [-0.4, -0.2) is 72.2 Å². The van der Waals surface area contributed by atoms with Gasteiger partial charge in [0.15, 0.2) is 11.9 Å². The SMILES string of the molecule is O=C(c1ccccc1)c1cn([C@@H]2O[C@H](CO)[C@@H](O)[C@H](O)[C@@H]2O)nn1. The first-order chi connectivity index (χ1) is 11.5. The van der Waals surface area contributed by atoms with Crippen LogP contribution in [0, 0.1) is 0 Å². The fourth-order valence-corrected chi connectivity index (χ4v) is 2.54. The molecule has 0 unspecified atom stereocenters. The molecule has 128 valence electrons. The van der Waals surface area contributed by atoms with Crippen molar-refractivity contribution in [3.63, 3.8) is 0 Å². The minimum atomic E-state index is -1.53. The molecule has 1 aliphatic heterocycles. The van der Waals surface area contributed by atoms with Crippen molar-refractivity contribution in [1.29, 1.82) is 0 Å². The second-order valence-electron chi connectivity index (χ2n) is 5.50. The van der Waals surface area contributed by atoms with Gasteiger partial charge < -0.3 is 25.2 Å². The summed E-state index contributed by atoms with van der Waals surface area (Å²) < 4.78 is 6.44. The number of aliphatic hydroxyl groups is 4. The van der Waals surface area contributed by atoms with Gasteiger partial charge in [-0.05, 0) is 0 Å². The number of benzene rings is 1. The Morgan fingerprint density at radius 1 is 1.12 bits per heavy atom. The topological polar surface area (TPSA) is 138 Å². The van der Waals surface area contributed by atoms with Gasteiger partial charge >= 0.3 is 0 Å². The highest BCUT2D eigenvalue weighted by Gasteiger charge is 2.44. The molecular formula is C15H17N3O6. The van der Waals surface area contributed by atoms with Crippen LogP contribution in [0.5, 0.6) is 0 Å². The van der Waals surface area contributed by atoms with Gasteiger partial charge in [0.2, 0.25) is 5.78 Å². The zero-order chi connectivity index (χ0) is 17.3. The molecule has 5 atom stereocenters. The summed E-state index contributed by atoms with van der Waals surface area (Å²) in [5.74, 6) is -0.355. The summed E-state index contributed by atoms with van der Waals surface area (Å²) in [5, 5.41) is 46.3. The minimum Gasteiger partial charge on any atom is -0.394 e. The van der Waals surface area contributed by atoms with E-state index in [1.54, 1.807) is 30.3 Å². The molecule has 1 aliphatic rings. The fraction of sp³-hybridized carbons (Fsp3) is 0.400. The van der Waals surface area contributed by atoms with E-state index in [1.165, 1.54) is 6.20 Å². The van der Waals surface area contributed by atoms with Crippen molar-refractivity contribution in [2.24, 2.45) is 0 Å². The van der Waals surface area contributed by atoms with Crippen molar-refractivity contribution in [1.82, 2.24) is 15.0 Å². The maximum atomic E-state index is 12.3. The van der Waals surface area contributed by atoms with Crippen LogP contribution in [0.4, 0.5) is 0 Å². The van der Waals surface area contributed by atoms with Crippen LogP contribution in [-0.2, 0) is 4.74 Å². The van der Waals surface area contributed by atoms with Crippen LogP contribution in [0.15, 0.2) is 36.5 Å². The number of ketones is 1. The lowest BCUT2D eigenvalue weighted by Gasteiger charge is -2.39. The fourth-order valence-electron chi connectivity index (χ4n) is 2.54. The predicted molar refractivity (Wildman–Crippen MR) is 78.9 cm³/mol. The van der Waals surface area contributed by atoms with Crippen LogP contribution in [0.25, 0.3) is 0 Å². The third kappa shape index (κ3) is 2.95. The number of hydrogen-bond donors (Lipinski definition) is 4. The molecule has 0 amide bonds. The normalized spacial score (nSPS) is 30.2. The van der Waals surface area contributed by atoms with Crippen LogP contribution >= 0.6 is 0 Å². The highest BCUT2D eigenvalue weighted by atomic mass is 16.6. The molecule has 0 radical (unpaired) electrons. The van der Waals surface area contributed by atoms with Gasteiger partial charge in [-0.25, -0.2) is 4.68 Å². The second-order valence-corrected chi connectivity index (χ2v) is 5.50. The number of nitrogens with zero attached hydrogens (tertiary/aromatic N) is 3. The molecule has 9 heteroatoms. The van der Waals surface area contributed by atoms with E-state index in [2.05, 4.69) is 10.3 Å². The van der Waals surface area contributed by atoms with Crippen molar-refractivity contribution in [3.8, 4) is 0 Å². The van der Waals surface area contributed by atoms with E-state index >= 15 is 0 Å². The molecule has 2 heterocycles. The average Bonchev–Trinajstić information content (AvgIpc) is 3.10. The molecule has 1 aromatic heterocycles. The summed E-state index contributed by atoms with van der Waals surface area (Å²) in [5.41, 5.74) is 0.469. The third-order valence-corrected chi connectivity index (χ3v) is 3.91. The Bertz CT molecular complexity index is 704. The molecule has 24 heavy (non-hydrogen) atoms. The number of aromatic nitrogens is 3. The van der Waals surface area contributed by atoms with Gasteiger partial charge in [-0.3, -0.25) is 4.79 Å². The number of carbonyl (C=O) groups excluding carboxylic acids is 1. The van der Waals surface area contributed by atoms with Crippen molar-refractivity contribution >= 4 is 5.78 Å². The zero-order valence-electron chi connectivity index (χ0n) is 12.5. The molecule has 1 fully saturated rings. The van der Waals surface area contributed by atoms with E-state index in [9.17, 15) is 25.2 Å². The molecular weight excluding hydrogens is 318 g/mol. The number of ether oxygens (including phenoxy) is 1. The standard InChI is InChI=1S/C15H17N3O6/c19-7-10-12(21)13(22)14(23)15(24-10)18-6-9(16-17-18)11(20)8-4-2-1-3-5-8/h1-6,10,12-15,19,21-23H,7H2/t10-,12-,13+,14+,15-/m1/s1. The molecule has 3 rings (SSSR count). The molecule has 0 bridgehead atoms. The van der Waals surface area contributed by atoms with E-state index < -0.39 is 37.3 Å². The van der Waals surface area contributed by atoms with E-state index in [0.717, 1.165) is 4.68 Å². The predicted octanol–water partition coefficient (Wildman–Crippen LogP) is -1.52. The lowest BCUT2D eigenvalue weighted by Crippen LogP contribution is -2.56. The van der Waals surface area contributed by atoms with E-state index in [1.807, 2.05) is 0 Å². The molecule has 0 spiro atoms. The van der Waals surface area contributed by atoms with Gasteiger partial charge in [-0.1, -0.05) is 35.5 Å². The van der Waals surface area contributed by atoms with Crippen molar-refractivity contribution in [2.45, 2.75) is 30.6 Å². The summed E-state index contributed by atoms with van der Waals surface area (Å²) in [6.07, 6.45) is -5.46. The summed E-state index contributed by atoms with van der Waals surface area (Å²) in [7, 11) is 0. The molecule has 9 nitrogen and oxygen atoms in total. The average molecular weight is 335 g/mol. The summed E-state index contributed by atoms with van der Waals surface area (Å²) >= 11 is 0. The monoisotopic (exact) mass is 335 g/mol. The van der Waals surface area contributed by atoms with Crippen LogP contribution in [0.1, 0.15) is 22.3 Å². The van der Waals surface area contributed by atoms with Gasteiger partial charge in [0, 0.05) is 5.56 Å². The Hall–Kier alpha value is -2.17. The van der Waals surface area contributed by atoms with Crippen LogP contribution in [0.2, 0.25) is 0 Å². The third-order valence-electron chi connectivity index (χ3n) is 3.91. The molecule has 1 aromatic carbocycles. The Kier molecular flexibility index (Phi) is 4.69. The van der Waals surface area contributed by atoms with Crippen molar-refractivity contribution in [3.05, 3.63) is 47.8 Å². The summed E-state index contributed by atoms with van der Waals surface area (Å²) in [6.45, 7) is -0.550. The number of rotatable bonds is 4. The molecule has 4 N–H and O–H groups in total. The number of carbonyl (C=O) groups is 1. The summed E-state index contributed by atoms with van der Waals surface area (Å²) in [6, 6.07) is 8.48.